The van der Waals surface area contributed by atoms with Crippen molar-refractivity contribution in [3.63, 3.8) is 0 Å². The smallest absolute Gasteiger partial charge is 0.236 e. The molecular formula is C40H32Cl2N4O5. The summed E-state index contributed by atoms with van der Waals surface area (Å²) in [7, 11) is 0. The maximum absolute atomic E-state index is 11.9. The van der Waals surface area contributed by atoms with Gasteiger partial charge in [-0.05, 0) is 77.1 Å². The number of rotatable bonds is 14. The molecule has 11 heteroatoms. The molecule has 1 aliphatic rings. The van der Waals surface area contributed by atoms with Gasteiger partial charge in [-0.15, -0.1) is 0 Å². The van der Waals surface area contributed by atoms with Crippen molar-refractivity contribution in [2.75, 3.05) is 26.3 Å². The van der Waals surface area contributed by atoms with Crippen LogP contribution in [0.5, 0.6) is 17.5 Å². The van der Waals surface area contributed by atoms with Gasteiger partial charge in [0.2, 0.25) is 11.8 Å². The van der Waals surface area contributed by atoms with Crippen molar-refractivity contribution in [2.24, 2.45) is 0 Å². The van der Waals surface area contributed by atoms with Gasteiger partial charge in [0.25, 0.3) is 0 Å². The predicted molar refractivity (Wildman–Crippen MR) is 194 cm³/mol. The molecule has 51 heavy (non-hydrogen) atoms. The molecule has 1 aromatic heterocycles. The zero-order valence-electron chi connectivity index (χ0n) is 27.4. The van der Waals surface area contributed by atoms with Gasteiger partial charge < -0.3 is 24.6 Å². The monoisotopic (exact) mass is 718 g/mol. The van der Waals surface area contributed by atoms with Crippen LogP contribution in [0.2, 0.25) is 10.0 Å². The number of carbonyl (C=O) groups excluding carboxylic acids is 1. The lowest BCUT2D eigenvalue weighted by molar-refractivity contribution is 0.111. The van der Waals surface area contributed by atoms with Gasteiger partial charge in [-0.3, -0.25) is 4.79 Å². The first kappa shape index (κ1) is 35.4. The number of aromatic nitrogens is 1. The van der Waals surface area contributed by atoms with Gasteiger partial charge in [0.1, 0.15) is 30.1 Å². The number of nitriles is 2. The molecule has 2 N–H and O–H groups in total. The Balaban J connectivity index is 1.21. The molecule has 0 aliphatic heterocycles. The molecular weight excluding hydrogens is 687 g/mol. The Bertz CT molecular complexity index is 2110. The number of benzene rings is 4. The predicted octanol–water partition coefficient (Wildman–Crippen LogP) is 7.88. The molecule has 1 atom stereocenters. The Labute approximate surface area is 305 Å². The largest absolute Gasteiger partial charge is 0.492 e. The van der Waals surface area contributed by atoms with Crippen LogP contribution in [-0.4, -0.2) is 42.7 Å². The second kappa shape index (κ2) is 16.5. The Morgan fingerprint density at radius 3 is 2.33 bits per heavy atom. The summed E-state index contributed by atoms with van der Waals surface area (Å²) in [5.41, 5.74) is 7.24. The highest BCUT2D eigenvalue weighted by Gasteiger charge is 2.29. The molecule has 5 aromatic rings. The summed E-state index contributed by atoms with van der Waals surface area (Å²) in [6.07, 6.45) is 1.64. The van der Waals surface area contributed by atoms with Gasteiger partial charge in [0, 0.05) is 24.2 Å². The minimum Gasteiger partial charge on any atom is -0.492 e. The first-order chi connectivity index (χ1) is 24.9. The molecule has 0 amide bonds. The number of aliphatic hydroxyl groups is 1. The first-order valence-electron chi connectivity index (χ1n) is 16.3. The van der Waals surface area contributed by atoms with E-state index < -0.39 is 0 Å². The van der Waals surface area contributed by atoms with Crippen molar-refractivity contribution in [2.45, 2.75) is 25.6 Å². The highest BCUT2D eigenvalue weighted by atomic mass is 35.5. The lowest BCUT2D eigenvalue weighted by Crippen LogP contribution is -2.23. The number of hydrogen-bond acceptors (Lipinski definition) is 9. The molecule has 9 nitrogen and oxygen atoms in total. The fourth-order valence-electron chi connectivity index (χ4n) is 6.07. The summed E-state index contributed by atoms with van der Waals surface area (Å²) >= 11 is 13.6. The van der Waals surface area contributed by atoms with Gasteiger partial charge in [-0.1, -0.05) is 71.7 Å². The molecule has 0 radical (unpaired) electrons. The molecule has 6 rings (SSSR count). The lowest BCUT2D eigenvalue weighted by Gasteiger charge is -2.18. The molecule has 256 valence electrons. The maximum Gasteiger partial charge on any atom is 0.236 e. The van der Waals surface area contributed by atoms with Gasteiger partial charge in [0.15, 0.2) is 6.29 Å². The molecule has 0 saturated carbocycles. The highest BCUT2D eigenvalue weighted by molar-refractivity contribution is 6.36. The number of nitrogens with zero attached hydrogens (tertiary/aromatic N) is 3. The van der Waals surface area contributed by atoms with Crippen LogP contribution in [0.15, 0.2) is 84.9 Å². The highest BCUT2D eigenvalue weighted by Crippen LogP contribution is 2.44. The van der Waals surface area contributed by atoms with Crippen molar-refractivity contribution < 1.29 is 24.1 Å². The summed E-state index contributed by atoms with van der Waals surface area (Å²) in [5, 5.41) is 31.4. The van der Waals surface area contributed by atoms with Crippen molar-refractivity contribution in [1.29, 1.82) is 10.5 Å². The molecule has 1 heterocycles. The normalized spacial score (nSPS) is 13.2. The molecule has 0 fully saturated rings. The molecule has 0 unspecified atom stereocenters. The van der Waals surface area contributed by atoms with Crippen molar-refractivity contribution in [1.82, 2.24) is 10.3 Å². The zero-order valence-corrected chi connectivity index (χ0v) is 28.9. The van der Waals surface area contributed by atoms with E-state index in [0.29, 0.717) is 54.1 Å². The van der Waals surface area contributed by atoms with E-state index in [4.69, 9.17) is 42.5 Å². The number of nitrogens with one attached hydrogen (secondary N) is 1. The summed E-state index contributed by atoms with van der Waals surface area (Å²) in [6.45, 7) is 1.72. The number of halogens is 2. The number of fused-ring (bicyclic) bond motifs is 1. The van der Waals surface area contributed by atoms with Gasteiger partial charge >= 0.3 is 0 Å². The maximum atomic E-state index is 11.9. The number of carbonyl (C=O) groups is 1. The van der Waals surface area contributed by atoms with Crippen LogP contribution in [-0.2, 0) is 13.0 Å². The lowest BCUT2D eigenvalue weighted by atomic mass is 9.94. The fraction of sp³-hybridized carbons (Fsp3) is 0.200. The van der Waals surface area contributed by atoms with Crippen LogP contribution < -0.4 is 19.5 Å². The van der Waals surface area contributed by atoms with E-state index in [1.807, 2.05) is 66.7 Å². The van der Waals surface area contributed by atoms with Gasteiger partial charge in [-0.2, -0.15) is 15.5 Å². The molecule has 0 bridgehead atoms. The standard InChI is InChI=1S/C40H32Cl2N4O5/c41-36-20-29(23-48)39(50-24-27-18-25(21-43)17-26(19-27)22-44)46-40(36)51-37-12-11-33-32(4-2-5-34(33)37)35-6-1-3-31(38(35)42)28-7-9-30(10-8-28)49-16-14-45-13-15-47/h1-10,17-20,23,37,45,47H,11-16,24H2/t37-/m0/s1. The van der Waals surface area contributed by atoms with Crippen LogP contribution in [0.25, 0.3) is 22.3 Å². The SMILES string of the molecule is N#Cc1cc(C#N)cc(COc2nc(O[C@H]3CCc4c(-c5cccc(-c6ccc(OCCNCCO)cc6)c5Cl)cccc43)c(Cl)cc2C=O)c1. The van der Waals surface area contributed by atoms with Crippen LogP contribution in [0.4, 0.5) is 0 Å². The Morgan fingerprint density at radius 1 is 0.882 bits per heavy atom. The van der Waals surface area contributed by atoms with Crippen LogP contribution >= 0.6 is 23.2 Å². The zero-order chi connectivity index (χ0) is 35.7. The topological polar surface area (TPSA) is 137 Å². The van der Waals surface area contributed by atoms with Crippen molar-refractivity contribution in [3.8, 4) is 51.9 Å². The average Bonchev–Trinajstić information content (AvgIpc) is 3.58. The van der Waals surface area contributed by atoms with E-state index in [9.17, 15) is 15.3 Å². The summed E-state index contributed by atoms with van der Waals surface area (Å²) in [6, 6.07) is 30.1. The minimum absolute atomic E-state index is 0.0236. The second-order valence-electron chi connectivity index (χ2n) is 11.8. The summed E-state index contributed by atoms with van der Waals surface area (Å²) in [5.74, 6) is 0.894. The molecule has 0 spiro atoms. The number of pyridine rings is 1. The van der Waals surface area contributed by atoms with Crippen LogP contribution in [0.1, 0.15) is 50.7 Å². The van der Waals surface area contributed by atoms with Crippen LogP contribution in [0.3, 0.4) is 0 Å². The third-order valence-corrected chi connectivity index (χ3v) is 9.13. The summed E-state index contributed by atoms with van der Waals surface area (Å²) < 4.78 is 18.1. The minimum atomic E-state index is -0.362. The van der Waals surface area contributed by atoms with Crippen molar-refractivity contribution >= 4 is 29.5 Å². The second-order valence-corrected chi connectivity index (χ2v) is 12.5. The Morgan fingerprint density at radius 2 is 1.61 bits per heavy atom. The quantitative estimate of drug-likeness (QED) is 0.0867. The Kier molecular flexibility index (Phi) is 11.5. The van der Waals surface area contributed by atoms with E-state index in [0.717, 1.165) is 45.6 Å². The fourth-order valence-corrected chi connectivity index (χ4v) is 6.61. The van der Waals surface area contributed by atoms with Crippen molar-refractivity contribution in [3.05, 3.63) is 128 Å². The molecule has 0 saturated heterocycles. The molecule has 1 aliphatic carbocycles. The Hall–Kier alpha value is -5.42. The van der Waals surface area contributed by atoms with E-state index in [2.05, 4.69) is 16.4 Å². The van der Waals surface area contributed by atoms with Gasteiger partial charge in [0.05, 0.1) is 40.5 Å². The third kappa shape index (κ3) is 8.15. The number of aldehydes is 1. The number of aliphatic hydroxyl groups excluding tert-OH is 1. The van der Waals surface area contributed by atoms with E-state index in [1.165, 1.54) is 12.1 Å². The van der Waals surface area contributed by atoms with Gasteiger partial charge in [-0.25, -0.2) is 0 Å². The van der Waals surface area contributed by atoms with E-state index in [1.54, 1.807) is 12.1 Å². The van der Waals surface area contributed by atoms with E-state index in [-0.39, 0.29) is 41.7 Å². The first-order valence-corrected chi connectivity index (χ1v) is 17.0. The van der Waals surface area contributed by atoms with E-state index >= 15 is 0 Å². The number of ether oxygens (including phenoxy) is 3. The third-order valence-electron chi connectivity index (χ3n) is 8.45. The average molecular weight is 720 g/mol. The summed E-state index contributed by atoms with van der Waals surface area (Å²) in [4.78, 5) is 16.4. The molecule has 4 aromatic carbocycles. The van der Waals surface area contributed by atoms with Crippen LogP contribution in [0, 0.1) is 22.7 Å². The number of hydrogen-bond donors (Lipinski definition) is 2.